The number of allylic oxidation sites excluding steroid dienone is 3. The topological polar surface area (TPSA) is 88.2 Å². The highest BCUT2D eigenvalue weighted by Gasteiger charge is 2.40. The number of nitrogens with zero attached hydrogens (tertiary/aromatic N) is 1. The molecular weight excluding hydrogens is 374 g/mol. The molecule has 4 rings (SSSR count). The number of hydrogen-bond acceptors (Lipinski definition) is 5. The highest BCUT2D eigenvalue weighted by Crippen LogP contribution is 2.34. The van der Waals surface area contributed by atoms with E-state index in [1.165, 1.54) is 6.20 Å². The van der Waals surface area contributed by atoms with E-state index in [-0.39, 0.29) is 22.6 Å². The summed E-state index contributed by atoms with van der Waals surface area (Å²) in [6.07, 6.45) is 8.09. The lowest BCUT2D eigenvalue weighted by Gasteiger charge is -2.29. The molecule has 1 heterocycles. The van der Waals surface area contributed by atoms with Gasteiger partial charge in [0, 0.05) is 29.2 Å². The predicted octanol–water partition coefficient (Wildman–Crippen LogP) is 2.45. The summed E-state index contributed by atoms with van der Waals surface area (Å²) in [4.78, 5) is 41.5. The normalized spacial score (nSPS) is 19.9. The number of aromatic nitrogens is 1. The minimum absolute atomic E-state index is 0.0702. The van der Waals surface area contributed by atoms with E-state index in [9.17, 15) is 14.4 Å². The molecule has 28 heavy (non-hydrogen) atoms. The van der Waals surface area contributed by atoms with Crippen LogP contribution in [0.4, 0.5) is 0 Å². The van der Waals surface area contributed by atoms with Crippen LogP contribution in [0.15, 0.2) is 72.7 Å². The number of amides is 1. The van der Waals surface area contributed by atoms with Gasteiger partial charge in [-0.05, 0) is 36.5 Å². The van der Waals surface area contributed by atoms with Gasteiger partial charge in [-0.15, -0.1) is 0 Å². The lowest BCUT2D eigenvalue weighted by Crippen LogP contribution is -2.41. The fraction of sp³-hybridized carbons (Fsp3) is 0.0952. The molecule has 0 aliphatic heterocycles. The first-order valence-corrected chi connectivity index (χ1v) is 9.05. The summed E-state index contributed by atoms with van der Waals surface area (Å²) in [7, 11) is 0. The molecule has 0 bridgehead atoms. The van der Waals surface area contributed by atoms with E-state index in [4.69, 9.17) is 12.2 Å². The van der Waals surface area contributed by atoms with Crippen LogP contribution in [0, 0.1) is 11.8 Å². The van der Waals surface area contributed by atoms with Crippen molar-refractivity contribution in [3.63, 3.8) is 0 Å². The van der Waals surface area contributed by atoms with E-state index in [0.29, 0.717) is 22.4 Å². The Morgan fingerprint density at radius 3 is 2.39 bits per heavy atom. The largest absolute Gasteiger partial charge is 0.333 e. The van der Waals surface area contributed by atoms with Gasteiger partial charge in [-0.2, -0.15) is 0 Å². The number of ketones is 2. The van der Waals surface area contributed by atoms with Gasteiger partial charge in [0.2, 0.25) is 0 Å². The van der Waals surface area contributed by atoms with Crippen LogP contribution in [0.1, 0.15) is 31.1 Å². The number of benzene rings is 1. The Labute approximate surface area is 166 Å². The molecular formula is C21H15N3O3S. The second kappa shape index (κ2) is 7.28. The van der Waals surface area contributed by atoms with Gasteiger partial charge in [0.15, 0.2) is 16.7 Å². The van der Waals surface area contributed by atoms with Crippen LogP contribution < -0.4 is 10.6 Å². The van der Waals surface area contributed by atoms with Gasteiger partial charge in [0.25, 0.3) is 5.91 Å². The van der Waals surface area contributed by atoms with E-state index in [1.807, 2.05) is 0 Å². The van der Waals surface area contributed by atoms with Crippen molar-refractivity contribution in [2.24, 2.45) is 11.8 Å². The fourth-order valence-corrected chi connectivity index (χ4v) is 3.57. The smallest absolute Gasteiger partial charge is 0.258 e. The van der Waals surface area contributed by atoms with E-state index < -0.39 is 11.8 Å². The Bertz CT molecular complexity index is 1060. The monoisotopic (exact) mass is 389 g/mol. The van der Waals surface area contributed by atoms with E-state index in [0.717, 1.165) is 0 Å². The zero-order valence-electron chi connectivity index (χ0n) is 14.6. The van der Waals surface area contributed by atoms with Crippen molar-refractivity contribution in [1.29, 1.82) is 0 Å². The molecule has 1 aromatic heterocycles. The van der Waals surface area contributed by atoms with Crippen LogP contribution in [-0.4, -0.2) is 27.6 Å². The first-order chi connectivity index (χ1) is 13.5. The zero-order chi connectivity index (χ0) is 19.7. The fourth-order valence-electron chi connectivity index (χ4n) is 3.36. The van der Waals surface area contributed by atoms with Gasteiger partial charge >= 0.3 is 0 Å². The molecule has 2 N–H and O–H groups in total. The van der Waals surface area contributed by atoms with Crippen LogP contribution >= 0.6 is 12.2 Å². The number of thiocarbonyl (C=S) groups is 1. The first-order valence-electron chi connectivity index (χ1n) is 8.64. The Hall–Kier alpha value is -3.45. The quantitative estimate of drug-likeness (QED) is 0.767. The Morgan fingerprint density at radius 1 is 1.00 bits per heavy atom. The molecule has 2 atom stereocenters. The van der Waals surface area contributed by atoms with Crippen LogP contribution in [0.25, 0.3) is 0 Å². The molecule has 7 heteroatoms. The molecule has 0 radical (unpaired) electrons. The van der Waals surface area contributed by atoms with Gasteiger partial charge in [0.05, 0.1) is 17.4 Å². The predicted molar refractivity (Wildman–Crippen MR) is 107 cm³/mol. The molecule has 138 valence electrons. The maximum Gasteiger partial charge on any atom is 0.258 e. The standard InChI is InChI=1S/C21H15N3O3S/c25-18-14-5-1-2-6-15(14)19(26)17-10-13(7-8-16(17)18)23-21(28)24-20(27)12-4-3-9-22-11-12/h1-11,16-17H,(H2,23,24,27,28)/t16-,17-/m1/s1. The minimum atomic E-state index is -0.591. The summed E-state index contributed by atoms with van der Waals surface area (Å²) < 4.78 is 0. The lowest BCUT2D eigenvalue weighted by atomic mass is 9.72. The number of hydrogen-bond donors (Lipinski definition) is 2. The molecule has 2 aliphatic rings. The molecule has 0 spiro atoms. The van der Waals surface area contributed by atoms with Gasteiger partial charge in [-0.25, -0.2) is 0 Å². The number of carbonyl (C=O) groups is 3. The Balaban J connectivity index is 1.49. The third-order valence-corrected chi connectivity index (χ3v) is 4.91. The maximum absolute atomic E-state index is 12.8. The van der Waals surface area contributed by atoms with Crippen LogP contribution in [-0.2, 0) is 0 Å². The summed E-state index contributed by atoms with van der Waals surface area (Å²) in [5.74, 6) is -1.67. The average Bonchev–Trinajstić information content (AvgIpc) is 2.72. The number of rotatable bonds is 2. The van der Waals surface area contributed by atoms with E-state index in [2.05, 4.69) is 15.6 Å². The molecule has 0 unspecified atom stereocenters. The van der Waals surface area contributed by atoms with Gasteiger partial charge in [0.1, 0.15) is 0 Å². The van der Waals surface area contributed by atoms with Gasteiger partial charge in [-0.1, -0.05) is 30.3 Å². The SMILES string of the molecule is O=C(NC(=S)NC1=C[C@H]2C(=O)c3ccccc3C(=O)[C@@H]2C=C1)c1cccnc1. The lowest BCUT2D eigenvalue weighted by molar-refractivity contribution is 0.0800. The van der Waals surface area contributed by atoms with Gasteiger partial charge in [-0.3, -0.25) is 24.7 Å². The number of carbonyl (C=O) groups excluding carboxylic acids is 3. The van der Waals surface area contributed by atoms with Crippen molar-refractivity contribution in [1.82, 2.24) is 15.6 Å². The van der Waals surface area contributed by atoms with Crippen molar-refractivity contribution in [3.8, 4) is 0 Å². The van der Waals surface area contributed by atoms with Gasteiger partial charge < -0.3 is 5.32 Å². The molecule has 6 nitrogen and oxygen atoms in total. The minimum Gasteiger partial charge on any atom is -0.333 e. The van der Waals surface area contributed by atoms with Crippen molar-refractivity contribution >= 4 is 34.8 Å². The molecule has 2 aliphatic carbocycles. The third-order valence-electron chi connectivity index (χ3n) is 4.70. The number of nitrogens with one attached hydrogen (secondary N) is 2. The number of pyridine rings is 1. The first kappa shape index (κ1) is 17.9. The summed E-state index contributed by atoms with van der Waals surface area (Å²) >= 11 is 5.18. The summed E-state index contributed by atoms with van der Waals surface area (Å²) in [5, 5.41) is 5.56. The number of Topliss-reactive ketones (excluding diaryl/α,β-unsaturated/α-hetero) is 2. The Kier molecular flexibility index (Phi) is 4.67. The van der Waals surface area contributed by atoms with E-state index >= 15 is 0 Å². The average molecular weight is 389 g/mol. The van der Waals surface area contributed by atoms with Crippen LogP contribution in [0.3, 0.4) is 0 Å². The molecule has 2 aromatic rings. The third kappa shape index (κ3) is 3.27. The maximum atomic E-state index is 12.8. The molecule has 0 fully saturated rings. The van der Waals surface area contributed by atoms with Crippen molar-refractivity contribution in [2.75, 3.05) is 0 Å². The highest BCUT2D eigenvalue weighted by molar-refractivity contribution is 7.80. The van der Waals surface area contributed by atoms with Crippen molar-refractivity contribution in [3.05, 3.63) is 89.4 Å². The molecule has 0 saturated carbocycles. The molecule has 1 aromatic carbocycles. The van der Waals surface area contributed by atoms with Crippen molar-refractivity contribution < 1.29 is 14.4 Å². The van der Waals surface area contributed by atoms with E-state index in [1.54, 1.807) is 60.8 Å². The molecule has 1 amide bonds. The summed E-state index contributed by atoms with van der Waals surface area (Å²) in [5.41, 5.74) is 1.83. The van der Waals surface area contributed by atoms with Crippen molar-refractivity contribution in [2.45, 2.75) is 0 Å². The zero-order valence-corrected chi connectivity index (χ0v) is 15.4. The summed E-state index contributed by atoms with van der Waals surface area (Å²) in [6, 6.07) is 10.1. The molecule has 0 saturated heterocycles. The number of fused-ring (bicyclic) bond motifs is 2. The Morgan fingerprint density at radius 2 is 1.71 bits per heavy atom. The summed E-state index contributed by atoms with van der Waals surface area (Å²) in [6.45, 7) is 0. The van der Waals surface area contributed by atoms with Crippen LogP contribution in [0.2, 0.25) is 0 Å². The second-order valence-electron chi connectivity index (χ2n) is 6.46. The second-order valence-corrected chi connectivity index (χ2v) is 6.86. The highest BCUT2D eigenvalue weighted by atomic mass is 32.1. The van der Waals surface area contributed by atoms with Crippen LogP contribution in [0.5, 0.6) is 0 Å².